The molecule has 0 radical (unpaired) electrons. The zero-order valence-corrected chi connectivity index (χ0v) is 11.2. The molecule has 18 heavy (non-hydrogen) atoms. The zero-order valence-electron chi connectivity index (χ0n) is 11.2. The van der Waals surface area contributed by atoms with Crippen molar-refractivity contribution in [3.63, 3.8) is 0 Å². The smallest absolute Gasteiger partial charge is 0.220 e. The summed E-state index contributed by atoms with van der Waals surface area (Å²) in [6, 6.07) is 0.218. The van der Waals surface area contributed by atoms with Crippen LogP contribution in [0.5, 0.6) is 0 Å². The van der Waals surface area contributed by atoms with E-state index in [0.29, 0.717) is 18.9 Å². The molecule has 0 bridgehead atoms. The van der Waals surface area contributed by atoms with Gasteiger partial charge in [0.2, 0.25) is 5.91 Å². The predicted molar refractivity (Wildman–Crippen MR) is 71.2 cm³/mol. The van der Waals surface area contributed by atoms with Crippen molar-refractivity contribution in [1.82, 2.24) is 5.32 Å². The van der Waals surface area contributed by atoms with E-state index in [1.54, 1.807) is 0 Å². The molecular weight excluding hydrogens is 228 g/mol. The molecular formula is C14H26N2O2. The van der Waals surface area contributed by atoms with Crippen LogP contribution < -0.4 is 11.1 Å². The molecule has 2 aliphatic rings. The van der Waals surface area contributed by atoms with E-state index in [-0.39, 0.29) is 18.1 Å². The van der Waals surface area contributed by atoms with Crippen molar-refractivity contribution in [3.05, 3.63) is 0 Å². The molecule has 1 saturated heterocycles. The molecule has 1 heterocycles. The van der Waals surface area contributed by atoms with Gasteiger partial charge in [-0.1, -0.05) is 12.8 Å². The minimum Gasteiger partial charge on any atom is -0.376 e. The van der Waals surface area contributed by atoms with Crippen molar-refractivity contribution in [2.45, 2.75) is 63.5 Å². The van der Waals surface area contributed by atoms with Gasteiger partial charge in [-0.05, 0) is 38.0 Å². The molecule has 2 rings (SSSR count). The molecule has 0 aromatic rings. The molecule has 4 nitrogen and oxygen atoms in total. The third-order valence-electron chi connectivity index (χ3n) is 4.22. The van der Waals surface area contributed by atoms with Crippen molar-refractivity contribution >= 4 is 5.91 Å². The van der Waals surface area contributed by atoms with Gasteiger partial charge in [-0.25, -0.2) is 0 Å². The molecule has 2 fully saturated rings. The number of amides is 1. The molecule has 3 unspecified atom stereocenters. The van der Waals surface area contributed by atoms with E-state index >= 15 is 0 Å². The third-order valence-corrected chi connectivity index (χ3v) is 4.22. The number of ether oxygens (including phenoxy) is 1. The molecule has 3 N–H and O–H groups in total. The monoisotopic (exact) mass is 254 g/mol. The summed E-state index contributed by atoms with van der Waals surface area (Å²) in [4.78, 5) is 11.9. The van der Waals surface area contributed by atoms with Crippen LogP contribution in [-0.4, -0.2) is 31.2 Å². The van der Waals surface area contributed by atoms with E-state index in [4.69, 9.17) is 10.5 Å². The summed E-state index contributed by atoms with van der Waals surface area (Å²) in [5, 5.41) is 3.00. The lowest BCUT2D eigenvalue weighted by molar-refractivity contribution is -0.123. The van der Waals surface area contributed by atoms with E-state index in [1.807, 2.05) is 0 Å². The largest absolute Gasteiger partial charge is 0.376 e. The zero-order chi connectivity index (χ0) is 12.8. The van der Waals surface area contributed by atoms with Crippen LogP contribution in [0.25, 0.3) is 0 Å². The van der Waals surface area contributed by atoms with Crippen LogP contribution >= 0.6 is 0 Å². The fourth-order valence-corrected chi connectivity index (χ4v) is 3.00. The highest BCUT2D eigenvalue weighted by Crippen LogP contribution is 2.25. The Morgan fingerprint density at radius 3 is 2.67 bits per heavy atom. The molecule has 3 atom stereocenters. The van der Waals surface area contributed by atoms with Crippen LogP contribution in [0.15, 0.2) is 0 Å². The van der Waals surface area contributed by atoms with Crippen LogP contribution in [0.3, 0.4) is 0 Å². The summed E-state index contributed by atoms with van der Waals surface area (Å²) in [5.74, 6) is 0.526. The molecule has 0 aromatic heterocycles. The highest BCUT2D eigenvalue weighted by atomic mass is 16.5. The van der Waals surface area contributed by atoms with Crippen LogP contribution in [-0.2, 0) is 9.53 Å². The van der Waals surface area contributed by atoms with Gasteiger partial charge in [-0.2, -0.15) is 0 Å². The molecule has 1 amide bonds. The first kappa shape index (κ1) is 13.8. The van der Waals surface area contributed by atoms with Crippen molar-refractivity contribution in [1.29, 1.82) is 0 Å². The van der Waals surface area contributed by atoms with Gasteiger partial charge in [-0.15, -0.1) is 0 Å². The normalized spacial score (nSPS) is 33.1. The molecule has 0 aromatic carbocycles. The van der Waals surface area contributed by atoms with Crippen LogP contribution in [0, 0.1) is 5.92 Å². The van der Waals surface area contributed by atoms with Gasteiger partial charge in [-0.3, -0.25) is 4.79 Å². The number of nitrogens with two attached hydrogens (primary N) is 1. The number of hydrogen-bond acceptors (Lipinski definition) is 3. The SMILES string of the molecule is NC1CCCCC1CC(=O)NCC1CCCCO1. The molecule has 4 heteroatoms. The number of carbonyl (C=O) groups is 1. The van der Waals surface area contributed by atoms with Gasteiger partial charge < -0.3 is 15.8 Å². The van der Waals surface area contributed by atoms with Gasteiger partial charge in [0.05, 0.1) is 6.10 Å². The highest BCUT2D eigenvalue weighted by molar-refractivity contribution is 5.76. The fourth-order valence-electron chi connectivity index (χ4n) is 3.00. The maximum Gasteiger partial charge on any atom is 0.220 e. The predicted octanol–water partition coefficient (Wildman–Crippen LogP) is 1.58. The van der Waals surface area contributed by atoms with Gasteiger partial charge in [0.15, 0.2) is 0 Å². The molecule has 104 valence electrons. The fraction of sp³-hybridized carbons (Fsp3) is 0.929. The summed E-state index contributed by atoms with van der Waals surface area (Å²) >= 11 is 0. The summed E-state index contributed by atoms with van der Waals surface area (Å²) in [5.41, 5.74) is 6.06. The molecule has 0 spiro atoms. The maximum atomic E-state index is 11.9. The van der Waals surface area contributed by atoms with Gasteiger partial charge in [0.1, 0.15) is 0 Å². The van der Waals surface area contributed by atoms with E-state index in [9.17, 15) is 4.79 Å². The Bertz CT molecular complexity index is 265. The Labute approximate surface area is 110 Å². The van der Waals surface area contributed by atoms with E-state index in [0.717, 1.165) is 32.3 Å². The molecule has 1 aliphatic heterocycles. The van der Waals surface area contributed by atoms with Crippen molar-refractivity contribution in [3.8, 4) is 0 Å². The van der Waals surface area contributed by atoms with Gasteiger partial charge in [0, 0.05) is 25.6 Å². The number of hydrogen-bond donors (Lipinski definition) is 2. The number of nitrogens with one attached hydrogen (secondary N) is 1. The third kappa shape index (κ3) is 4.25. The Kier molecular flexibility index (Phi) is 5.45. The second-order valence-corrected chi connectivity index (χ2v) is 5.71. The van der Waals surface area contributed by atoms with Crippen molar-refractivity contribution in [2.24, 2.45) is 11.7 Å². The van der Waals surface area contributed by atoms with E-state index in [1.165, 1.54) is 19.3 Å². The maximum absolute atomic E-state index is 11.9. The van der Waals surface area contributed by atoms with Crippen LogP contribution in [0.2, 0.25) is 0 Å². The molecule has 1 saturated carbocycles. The minimum absolute atomic E-state index is 0.145. The second-order valence-electron chi connectivity index (χ2n) is 5.71. The lowest BCUT2D eigenvalue weighted by Crippen LogP contribution is -2.40. The summed E-state index contributed by atoms with van der Waals surface area (Å²) in [6.07, 6.45) is 8.87. The Hall–Kier alpha value is -0.610. The number of rotatable bonds is 4. The first-order valence-corrected chi connectivity index (χ1v) is 7.39. The average molecular weight is 254 g/mol. The lowest BCUT2D eigenvalue weighted by atomic mass is 9.83. The summed E-state index contributed by atoms with van der Waals surface area (Å²) in [7, 11) is 0. The van der Waals surface area contributed by atoms with Gasteiger partial charge >= 0.3 is 0 Å². The average Bonchev–Trinajstić information content (AvgIpc) is 2.40. The Balaban J connectivity index is 1.64. The minimum atomic E-state index is 0.145. The van der Waals surface area contributed by atoms with Crippen LogP contribution in [0.1, 0.15) is 51.4 Å². The topological polar surface area (TPSA) is 64.4 Å². The van der Waals surface area contributed by atoms with Crippen molar-refractivity contribution in [2.75, 3.05) is 13.2 Å². The Morgan fingerprint density at radius 2 is 1.94 bits per heavy atom. The molecule has 1 aliphatic carbocycles. The number of carbonyl (C=O) groups excluding carboxylic acids is 1. The van der Waals surface area contributed by atoms with E-state index in [2.05, 4.69) is 5.32 Å². The summed E-state index contributed by atoms with van der Waals surface area (Å²) < 4.78 is 5.60. The first-order chi connectivity index (χ1) is 8.75. The van der Waals surface area contributed by atoms with Crippen molar-refractivity contribution < 1.29 is 9.53 Å². The summed E-state index contributed by atoms with van der Waals surface area (Å²) in [6.45, 7) is 1.51. The highest BCUT2D eigenvalue weighted by Gasteiger charge is 2.24. The lowest BCUT2D eigenvalue weighted by Gasteiger charge is -2.28. The Morgan fingerprint density at radius 1 is 1.17 bits per heavy atom. The first-order valence-electron chi connectivity index (χ1n) is 7.39. The second kappa shape index (κ2) is 7.10. The van der Waals surface area contributed by atoms with Crippen LogP contribution in [0.4, 0.5) is 0 Å². The quantitative estimate of drug-likeness (QED) is 0.800. The van der Waals surface area contributed by atoms with E-state index < -0.39 is 0 Å². The standard InChI is InChI=1S/C14H26N2O2/c15-13-7-2-1-5-11(13)9-14(17)16-10-12-6-3-4-8-18-12/h11-13H,1-10,15H2,(H,16,17). The van der Waals surface area contributed by atoms with Gasteiger partial charge in [0.25, 0.3) is 0 Å².